The largest absolute Gasteiger partial charge is 0.465 e. The number of ether oxygens (including phenoxy) is 2. The van der Waals surface area contributed by atoms with Crippen molar-refractivity contribution in [1.29, 1.82) is 0 Å². The van der Waals surface area contributed by atoms with Crippen LogP contribution in [0.4, 0.5) is 0 Å². The van der Waals surface area contributed by atoms with Gasteiger partial charge in [0.15, 0.2) is 11.4 Å². The van der Waals surface area contributed by atoms with Crippen molar-refractivity contribution in [1.82, 2.24) is 0 Å². The Morgan fingerprint density at radius 1 is 0.900 bits per heavy atom. The lowest BCUT2D eigenvalue weighted by Crippen LogP contribution is -2.20. The normalized spacial score (nSPS) is 9.60. The highest BCUT2D eigenvalue weighted by molar-refractivity contribution is 6.22. The summed E-state index contributed by atoms with van der Waals surface area (Å²) in [5.41, 5.74) is 0.996. The molecule has 0 radical (unpaired) electrons. The van der Waals surface area contributed by atoms with Gasteiger partial charge in [0.25, 0.3) is 0 Å². The molecule has 20 heavy (non-hydrogen) atoms. The number of benzene rings is 1. The van der Waals surface area contributed by atoms with E-state index in [2.05, 4.69) is 9.47 Å². The van der Waals surface area contributed by atoms with Gasteiger partial charge in [0.05, 0.1) is 14.2 Å². The Bertz CT molecular complexity index is 548. The van der Waals surface area contributed by atoms with Crippen LogP contribution in [-0.2, 0) is 19.1 Å². The van der Waals surface area contributed by atoms with Crippen LogP contribution in [0.25, 0.3) is 0 Å². The van der Waals surface area contributed by atoms with Gasteiger partial charge in [0, 0.05) is 11.1 Å². The first-order chi connectivity index (χ1) is 9.42. The molecule has 5 nitrogen and oxygen atoms in total. The first-order valence-electron chi connectivity index (χ1n) is 5.91. The molecule has 1 rings (SSSR count). The smallest absolute Gasteiger partial charge is 0.345 e. The monoisotopic (exact) mass is 276 g/mol. The van der Waals surface area contributed by atoms with Crippen molar-refractivity contribution >= 4 is 17.7 Å². The first-order valence-corrected chi connectivity index (χ1v) is 5.91. The van der Waals surface area contributed by atoms with Gasteiger partial charge in [-0.05, 0) is 13.8 Å². The lowest BCUT2D eigenvalue weighted by molar-refractivity contribution is -0.144. The highest BCUT2D eigenvalue weighted by atomic mass is 16.5. The van der Waals surface area contributed by atoms with Crippen LogP contribution in [0.1, 0.15) is 22.8 Å². The van der Waals surface area contributed by atoms with E-state index in [0.717, 1.165) is 19.8 Å². The van der Waals surface area contributed by atoms with Gasteiger partial charge in [-0.1, -0.05) is 29.8 Å². The van der Waals surface area contributed by atoms with Crippen molar-refractivity contribution in [3.63, 3.8) is 0 Å². The van der Waals surface area contributed by atoms with E-state index in [1.165, 1.54) is 6.92 Å². The summed E-state index contributed by atoms with van der Waals surface area (Å²) >= 11 is 0. The van der Waals surface area contributed by atoms with Crippen LogP contribution in [0.3, 0.4) is 0 Å². The number of esters is 2. The summed E-state index contributed by atoms with van der Waals surface area (Å²) < 4.78 is 9.02. The molecule has 0 N–H and O–H groups in total. The molecular weight excluding hydrogens is 260 g/mol. The molecule has 5 heteroatoms. The van der Waals surface area contributed by atoms with Gasteiger partial charge in [-0.3, -0.25) is 4.79 Å². The minimum atomic E-state index is -0.894. The number of allylic oxidation sites excluding steroid dienone is 1. The number of aryl methyl sites for hydroxylation is 1. The van der Waals surface area contributed by atoms with E-state index >= 15 is 0 Å². The van der Waals surface area contributed by atoms with Crippen LogP contribution in [0, 0.1) is 6.92 Å². The number of Topliss-reactive ketones (excluding diaryl/α,β-unsaturated/α-hetero) is 1. The number of carbonyl (C=O) groups is 3. The van der Waals surface area contributed by atoms with Gasteiger partial charge in [0.2, 0.25) is 0 Å². The summed E-state index contributed by atoms with van der Waals surface area (Å²) in [5.74, 6) is -2.21. The summed E-state index contributed by atoms with van der Waals surface area (Å²) in [6.07, 6.45) is 0. The summed E-state index contributed by atoms with van der Waals surface area (Å²) in [6, 6.07) is 6.81. The van der Waals surface area contributed by atoms with Crippen molar-refractivity contribution in [3.8, 4) is 0 Å². The van der Waals surface area contributed by atoms with E-state index < -0.39 is 17.7 Å². The Kier molecular flexibility index (Phi) is 5.20. The minimum Gasteiger partial charge on any atom is -0.465 e. The summed E-state index contributed by atoms with van der Waals surface area (Å²) in [4.78, 5) is 35.5. The van der Waals surface area contributed by atoms with Gasteiger partial charge < -0.3 is 9.47 Å². The van der Waals surface area contributed by atoms with Gasteiger partial charge >= 0.3 is 11.9 Å². The Hall–Kier alpha value is -2.43. The quantitative estimate of drug-likeness (QED) is 0.276. The standard InChI is InChI=1S/C15H16O5/c1-9-5-7-11(8-6-9)13(16)10(2)12(14(17)19-3)15(18)20-4/h5-8H,1-4H3. The van der Waals surface area contributed by atoms with Crippen LogP contribution >= 0.6 is 0 Å². The fraction of sp³-hybridized carbons (Fsp3) is 0.267. The fourth-order valence-electron chi connectivity index (χ4n) is 1.63. The van der Waals surface area contributed by atoms with E-state index in [1.54, 1.807) is 24.3 Å². The predicted octanol–water partition coefficient (Wildman–Crippen LogP) is 1.84. The average Bonchev–Trinajstić information content (AvgIpc) is 2.46. The van der Waals surface area contributed by atoms with E-state index in [9.17, 15) is 14.4 Å². The minimum absolute atomic E-state index is 0.00690. The second kappa shape index (κ2) is 6.65. The number of carbonyl (C=O) groups excluding carboxylic acids is 3. The van der Waals surface area contributed by atoms with Crippen molar-refractivity contribution in [2.75, 3.05) is 14.2 Å². The van der Waals surface area contributed by atoms with Gasteiger partial charge in [-0.15, -0.1) is 0 Å². The molecule has 0 aliphatic rings. The fourth-order valence-corrected chi connectivity index (χ4v) is 1.63. The molecule has 0 heterocycles. The molecule has 0 spiro atoms. The van der Waals surface area contributed by atoms with Gasteiger partial charge in [-0.2, -0.15) is 0 Å². The number of hydrogen-bond acceptors (Lipinski definition) is 5. The Labute approximate surface area is 117 Å². The zero-order chi connectivity index (χ0) is 15.3. The number of methoxy groups -OCH3 is 2. The molecular formula is C15H16O5. The number of rotatable bonds is 4. The second-order valence-electron chi connectivity index (χ2n) is 4.18. The van der Waals surface area contributed by atoms with Crippen molar-refractivity contribution < 1.29 is 23.9 Å². The van der Waals surface area contributed by atoms with E-state index in [0.29, 0.717) is 5.56 Å². The molecule has 0 fully saturated rings. The molecule has 1 aromatic carbocycles. The lowest BCUT2D eigenvalue weighted by Gasteiger charge is -2.08. The maximum Gasteiger partial charge on any atom is 0.345 e. The predicted molar refractivity (Wildman–Crippen MR) is 72.2 cm³/mol. The average molecular weight is 276 g/mol. The Morgan fingerprint density at radius 2 is 1.35 bits per heavy atom. The molecule has 0 saturated carbocycles. The SMILES string of the molecule is COC(=O)C(C(=O)OC)=C(C)C(=O)c1ccc(C)cc1. The maximum atomic E-state index is 12.3. The third-order valence-corrected chi connectivity index (χ3v) is 2.81. The molecule has 0 amide bonds. The molecule has 0 bridgehead atoms. The van der Waals surface area contributed by atoms with Crippen LogP contribution in [0.15, 0.2) is 35.4 Å². The second-order valence-corrected chi connectivity index (χ2v) is 4.18. The molecule has 0 aliphatic carbocycles. The first kappa shape index (κ1) is 15.6. The van der Waals surface area contributed by atoms with Crippen LogP contribution in [0.5, 0.6) is 0 Å². The summed E-state index contributed by atoms with van der Waals surface area (Å²) in [7, 11) is 2.27. The maximum absolute atomic E-state index is 12.3. The van der Waals surface area contributed by atoms with Crippen molar-refractivity contribution in [2.24, 2.45) is 0 Å². The third-order valence-electron chi connectivity index (χ3n) is 2.81. The Balaban J connectivity index is 3.27. The van der Waals surface area contributed by atoms with Crippen LogP contribution in [-0.4, -0.2) is 31.9 Å². The molecule has 106 valence electrons. The topological polar surface area (TPSA) is 69.7 Å². The van der Waals surface area contributed by atoms with Crippen molar-refractivity contribution in [3.05, 3.63) is 46.5 Å². The summed E-state index contributed by atoms with van der Waals surface area (Å²) in [5, 5.41) is 0. The van der Waals surface area contributed by atoms with E-state index in [1.807, 2.05) is 6.92 Å². The Morgan fingerprint density at radius 3 is 1.75 bits per heavy atom. The number of ketones is 1. The highest BCUT2D eigenvalue weighted by Crippen LogP contribution is 2.15. The highest BCUT2D eigenvalue weighted by Gasteiger charge is 2.26. The zero-order valence-corrected chi connectivity index (χ0v) is 11.9. The van der Waals surface area contributed by atoms with Crippen LogP contribution < -0.4 is 0 Å². The van der Waals surface area contributed by atoms with Crippen molar-refractivity contribution in [2.45, 2.75) is 13.8 Å². The van der Waals surface area contributed by atoms with E-state index in [-0.39, 0.29) is 11.1 Å². The molecule has 0 aromatic heterocycles. The molecule has 0 atom stereocenters. The van der Waals surface area contributed by atoms with Gasteiger partial charge in [-0.25, -0.2) is 9.59 Å². The number of hydrogen-bond donors (Lipinski definition) is 0. The third kappa shape index (κ3) is 3.32. The van der Waals surface area contributed by atoms with E-state index in [4.69, 9.17) is 0 Å². The molecule has 0 unspecified atom stereocenters. The molecule has 1 aromatic rings. The molecule has 0 saturated heterocycles. The van der Waals surface area contributed by atoms with Crippen LogP contribution in [0.2, 0.25) is 0 Å². The summed E-state index contributed by atoms with van der Waals surface area (Å²) in [6.45, 7) is 3.29. The van der Waals surface area contributed by atoms with Gasteiger partial charge in [0.1, 0.15) is 0 Å². The zero-order valence-electron chi connectivity index (χ0n) is 11.9. The lowest BCUT2D eigenvalue weighted by atomic mass is 9.99. The molecule has 0 aliphatic heterocycles.